The van der Waals surface area contributed by atoms with Crippen LogP contribution in [0.5, 0.6) is 0 Å². The summed E-state index contributed by atoms with van der Waals surface area (Å²) in [5, 5.41) is 0.181. The van der Waals surface area contributed by atoms with E-state index in [1.165, 1.54) is 37.9 Å². The van der Waals surface area contributed by atoms with Crippen LogP contribution in [0.3, 0.4) is 0 Å². The summed E-state index contributed by atoms with van der Waals surface area (Å²) in [6, 6.07) is 1.39. The third-order valence-electron chi connectivity index (χ3n) is 4.93. The molecule has 0 amide bonds. The second-order valence-electron chi connectivity index (χ2n) is 6.15. The van der Waals surface area contributed by atoms with Crippen molar-refractivity contribution < 1.29 is 8.42 Å². The Morgan fingerprint density at radius 3 is 2.38 bits per heavy atom. The number of nitrogens with zero attached hydrogens (tertiary/aromatic N) is 2. The van der Waals surface area contributed by atoms with Crippen molar-refractivity contribution in [2.75, 3.05) is 18.8 Å². The third-order valence-corrected chi connectivity index (χ3v) is 7.10. The van der Waals surface area contributed by atoms with Gasteiger partial charge in [-0.15, -0.1) is 0 Å². The number of hydrogen-bond acceptors (Lipinski definition) is 4. The molecule has 1 aliphatic carbocycles. The molecule has 0 radical (unpaired) electrons. The number of nitrogens with two attached hydrogens (primary N) is 1. The van der Waals surface area contributed by atoms with Crippen LogP contribution in [0, 0.1) is 5.41 Å². The molecule has 2 N–H and O–H groups in total. The van der Waals surface area contributed by atoms with E-state index in [1.54, 1.807) is 4.31 Å². The van der Waals surface area contributed by atoms with Crippen molar-refractivity contribution in [1.82, 2.24) is 9.29 Å². The molecule has 0 atom stereocenters. The molecule has 0 unspecified atom stereocenters. The molecule has 1 aliphatic heterocycles. The maximum Gasteiger partial charge on any atom is 0.244 e. The van der Waals surface area contributed by atoms with Crippen molar-refractivity contribution in [2.45, 2.75) is 43.4 Å². The Hall–Kier alpha value is -0.850. The summed E-state index contributed by atoms with van der Waals surface area (Å²) in [7, 11) is -3.52. The first-order chi connectivity index (χ1) is 9.93. The summed E-state index contributed by atoms with van der Waals surface area (Å²) in [6.07, 6.45) is 8.27. The molecule has 1 spiro atoms. The average Bonchev–Trinajstić information content (AvgIpc) is 2.90. The zero-order valence-electron chi connectivity index (χ0n) is 11.9. The van der Waals surface area contributed by atoms with Crippen molar-refractivity contribution in [3.63, 3.8) is 0 Å². The smallest absolute Gasteiger partial charge is 0.244 e. The minimum absolute atomic E-state index is 0.129. The second kappa shape index (κ2) is 5.41. The molecule has 116 valence electrons. The van der Waals surface area contributed by atoms with Crippen LogP contribution in [0.2, 0.25) is 5.02 Å². The van der Waals surface area contributed by atoms with Gasteiger partial charge >= 0.3 is 0 Å². The van der Waals surface area contributed by atoms with Crippen LogP contribution in [-0.2, 0) is 10.0 Å². The molecule has 2 fully saturated rings. The lowest BCUT2D eigenvalue weighted by Crippen LogP contribution is -2.42. The number of halogens is 1. The maximum absolute atomic E-state index is 12.6. The lowest BCUT2D eigenvalue weighted by Gasteiger charge is -2.38. The maximum atomic E-state index is 12.6. The molecule has 1 aromatic rings. The minimum Gasteiger partial charge on any atom is -0.382 e. The number of anilines is 1. The van der Waals surface area contributed by atoms with E-state index >= 15 is 0 Å². The highest BCUT2D eigenvalue weighted by Crippen LogP contribution is 2.46. The largest absolute Gasteiger partial charge is 0.382 e. The number of hydrogen-bond donors (Lipinski definition) is 1. The van der Waals surface area contributed by atoms with Gasteiger partial charge in [-0.05, 0) is 37.2 Å². The molecule has 1 aromatic heterocycles. The van der Waals surface area contributed by atoms with Crippen LogP contribution in [0.4, 0.5) is 5.82 Å². The normalized spacial score (nSPS) is 22.7. The summed E-state index contributed by atoms with van der Waals surface area (Å²) < 4.78 is 26.8. The van der Waals surface area contributed by atoms with Gasteiger partial charge in [0.15, 0.2) is 0 Å². The van der Waals surface area contributed by atoms with E-state index in [0.29, 0.717) is 18.5 Å². The van der Waals surface area contributed by atoms with Crippen LogP contribution < -0.4 is 5.73 Å². The predicted molar refractivity (Wildman–Crippen MR) is 82.6 cm³/mol. The number of nitrogen functional groups attached to an aromatic ring is 1. The number of aromatic nitrogens is 1. The van der Waals surface area contributed by atoms with Crippen LogP contribution in [0.15, 0.2) is 17.2 Å². The lowest BCUT2D eigenvalue weighted by molar-refractivity contribution is 0.160. The van der Waals surface area contributed by atoms with Crippen LogP contribution in [0.25, 0.3) is 0 Å². The monoisotopic (exact) mass is 329 g/mol. The third kappa shape index (κ3) is 2.76. The second-order valence-corrected chi connectivity index (χ2v) is 8.49. The topological polar surface area (TPSA) is 76.3 Å². The van der Waals surface area contributed by atoms with Crippen LogP contribution in [0.1, 0.15) is 38.5 Å². The summed E-state index contributed by atoms with van der Waals surface area (Å²) in [5.41, 5.74) is 5.93. The van der Waals surface area contributed by atoms with Crippen molar-refractivity contribution >= 4 is 27.4 Å². The summed E-state index contributed by atoms with van der Waals surface area (Å²) in [6.45, 7) is 1.18. The molecule has 2 aliphatic rings. The van der Waals surface area contributed by atoms with E-state index in [0.717, 1.165) is 12.8 Å². The molecule has 3 rings (SSSR count). The van der Waals surface area contributed by atoms with Crippen molar-refractivity contribution in [3.05, 3.63) is 17.3 Å². The zero-order valence-corrected chi connectivity index (χ0v) is 13.5. The van der Waals surface area contributed by atoms with E-state index < -0.39 is 10.0 Å². The Bertz CT molecular complexity index is 632. The van der Waals surface area contributed by atoms with E-state index in [9.17, 15) is 8.42 Å². The van der Waals surface area contributed by atoms with Gasteiger partial charge in [0.05, 0.1) is 5.02 Å². The number of sulfonamides is 1. The van der Waals surface area contributed by atoms with Gasteiger partial charge in [-0.1, -0.05) is 24.4 Å². The van der Waals surface area contributed by atoms with Crippen LogP contribution >= 0.6 is 11.6 Å². The van der Waals surface area contributed by atoms with Crippen molar-refractivity contribution in [3.8, 4) is 0 Å². The Balaban J connectivity index is 1.78. The molecule has 2 heterocycles. The zero-order chi connectivity index (χ0) is 15.1. The molecule has 0 bridgehead atoms. The standard InChI is InChI=1S/C14H20ClN3O2S/c15-12-9-11(10-17-13(12)16)21(19,20)18-7-5-14(6-8-18)3-1-2-4-14/h9-10H,1-8H2,(H2,16,17). The van der Waals surface area contributed by atoms with Gasteiger partial charge in [-0.25, -0.2) is 13.4 Å². The SMILES string of the molecule is Nc1ncc(S(=O)(=O)N2CCC3(CCCC3)CC2)cc1Cl. The fraction of sp³-hybridized carbons (Fsp3) is 0.643. The fourth-order valence-electron chi connectivity index (χ4n) is 3.55. The fourth-order valence-corrected chi connectivity index (χ4v) is 5.19. The first-order valence-corrected chi connectivity index (χ1v) is 9.16. The Kier molecular flexibility index (Phi) is 3.88. The van der Waals surface area contributed by atoms with Gasteiger partial charge in [0, 0.05) is 19.3 Å². The molecular formula is C14H20ClN3O2S. The first kappa shape index (κ1) is 15.1. The number of rotatable bonds is 2. The lowest BCUT2D eigenvalue weighted by atomic mass is 9.78. The summed E-state index contributed by atoms with van der Waals surface area (Å²) in [4.78, 5) is 3.98. The molecule has 0 aromatic carbocycles. The van der Waals surface area contributed by atoms with Gasteiger partial charge in [0.1, 0.15) is 10.7 Å². The molecule has 1 saturated heterocycles. The molecule has 21 heavy (non-hydrogen) atoms. The Morgan fingerprint density at radius 2 is 1.81 bits per heavy atom. The quantitative estimate of drug-likeness (QED) is 0.905. The summed E-state index contributed by atoms with van der Waals surface area (Å²) in [5.74, 6) is 0.152. The highest BCUT2D eigenvalue weighted by Gasteiger charge is 2.40. The van der Waals surface area contributed by atoms with Gasteiger partial charge in [-0.2, -0.15) is 4.31 Å². The van der Waals surface area contributed by atoms with E-state index in [1.807, 2.05) is 0 Å². The predicted octanol–water partition coefficient (Wildman–Crippen LogP) is 2.66. The Labute approximate surface area is 130 Å². The van der Waals surface area contributed by atoms with Gasteiger partial charge in [-0.3, -0.25) is 0 Å². The van der Waals surface area contributed by atoms with Gasteiger partial charge < -0.3 is 5.73 Å². The van der Waals surface area contributed by atoms with E-state index in [4.69, 9.17) is 17.3 Å². The van der Waals surface area contributed by atoms with E-state index in [-0.39, 0.29) is 15.7 Å². The van der Waals surface area contributed by atoms with Crippen molar-refractivity contribution in [1.29, 1.82) is 0 Å². The Morgan fingerprint density at radius 1 is 1.19 bits per heavy atom. The minimum atomic E-state index is -3.52. The van der Waals surface area contributed by atoms with Crippen LogP contribution in [-0.4, -0.2) is 30.8 Å². The number of pyridine rings is 1. The molecule has 7 heteroatoms. The van der Waals surface area contributed by atoms with E-state index in [2.05, 4.69) is 4.98 Å². The highest BCUT2D eigenvalue weighted by molar-refractivity contribution is 7.89. The summed E-state index contributed by atoms with van der Waals surface area (Å²) >= 11 is 5.89. The number of piperidine rings is 1. The molecule has 5 nitrogen and oxygen atoms in total. The average molecular weight is 330 g/mol. The highest BCUT2D eigenvalue weighted by atomic mass is 35.5. The van der Waals surface area contributed by atoms with Gasteiger partial charge in [0.25, 0.3) is 0 Å². The van der Waals surface area contributed by atoms with Crippen molar-refractivity contribution in [2.24, 2.45) is 5.41 Å². The molecule has 1 saturated carbocycles. The molecular weight excluding hydrogens is 310 g/mol. The van der Waals surface area contributed by atoms with Gasteiger partial charge in [0.2, 0.25) is 10.0 Å². The first-order valence-electron chi connectivity index (χ1n) is 7.34.